The predicted molar refractivity (Wildman–Crippen MR) is 56.2 cm³/mol. The summed E-state index contributed by atoms with van der Waals surface area (Å²) in [5.41, 5.74) is 0.593. The van der Waals surface area contributed by atoms with Crippen molar-refractivity contribution in [2.75, 3.05) is 7.11 Å². The molecule has 0 fully saturated rings. The molecule has 16 heavy (non-hydrogen) atoms. The first-order valence-corrected chi connectivity index (χ1v) is 5.94. The van der Waals surface area contributed by atoms with Gasteiger partial charge in [0.15, 0.2) is 0 Å². The number of sulfonamides is 1. The van der Waals surface area contributed by atoms with Gasteiger partial charge in [-0.05, 0) is 17.7 Å². The molecule has 0 aliphatic rings. The fourth-order valence-corrected chi connectivity index (χ4v) is 2.06. The van der Waals surface area contributed by atoms with Crippen molar-refractivity contribution in [2.24, 2.45) is 0 Å². The minimum Gasteiger partial charge on any atom is -0.478 e. The third-order valence-electron chi connectivity index (χ3n) is 1.77. The van der Waals surface area contributed by atoms with E-state index >= 15 is 0 Å². The van der Waals surface area contributed by atoms with E-state index < -0.39 is 16.0 Å². The number of nitrogens with one attached hydrogen (secondary N) is 1. The highest BCUT2D eigenvalue weighted by Gasteiger charge is 2.11. The second kappa shape index (κ2) is 5.06. The van der Waals surface area contributed by atoms with Crippen LogP contribution in [-0.2, 0) is 20.6 Å². The molecule has 1 aromatic carbocycles. The zero-order valence-corrected chi connectivity index (χ0v) is 9.32. The fourth-order valence-electron chi connectivity index (χ4n) is 1.12. The van der Waals surface area contributed by atoms with Gasteiger partial charge in [0.1, 0.15) is 0 Å². The first kappa shape index (κ1) is 12.6. The lowest BCUT2D eigenvalue weighted by atomic mass is 10.1. The van der Waals surface area contributed by atoms with Crippen LogP contribution in [0, 0.1) is 0 Å². The highest BCUT2D eigenvalue weighted by molar-refractivity contribution is 7.88. The Morgan fingerprint density at radius 1 is 1.38 bits per heavy atom. The Kier molecular flexibility index (Phi) is 3.99. The highest BCUT2D eigenvalue weighted by Crippen LogP contribution is 2.07. The zero-order chi connectivity index (χ0) is 12.2. The van der Waals surface area contributed by atoms with Gasteiger partial charge in [-0.2, -0.15) is 0 Å². The molecule has 1 rings (SSSR count). The average Bonchev–Trinajstić information content (AvgIpc) is 2.17. The van der Waals surface area contributed by atoms with Crippen molar-refractivity contribution in [3.63, 3.8) is 0 Å². The molecular weight excluding hydrogens is 234 g/mol. The maximum atomic E-state index is 11.3. The van der Waals surface area contributed by atoms with E-state index in [1.807, 2.05) is 4.89 Å². The maximum absolute atomic E-state index is 11.3. The van der Waals surface area contributed by atoms with Gasteiger partial charge in [-0.1, -0.05) is 17.0 Å². The highest BCUT2D eigenvalue weighted by atomic mass is 32.2. The molecule has 0 spiro atoms. The molecule has 0 heterocycles. The van der Waals surface area contributed by atoms with E-state index in [0.29, 0.717) is 5.56 Å². The van der Waals surface area contributed by atoms with Gasteiger partial charge >= 0.3 is 5.97 Å². The second-order valence-electron chi connectivity index (χ2n) is 3.05. The Hall–Kier alpha value is -1.44. The number of carboxylic acids is 1. The van der Waals surface area contributed by atoms with Crippen LogP contribution < -0.4 is 4.89 Å². The van der Waals surface area contributed by atoms with Crippen LogP contribution in [0.1, 0.15) is 15.9 Å². The lowest BCUT2D eigenvalue weighted by Gasteiger charge is -2.04. The molecule has 0 atom stereocenters. The van der Waals surface area contributed by atoms with Crippen LogP contribution in [0.25, 0.3) is 0 Å². The van der Waals surface area contributed by atoms with E-state index in [0.717, 1.165) is 0 Å². The van der Waals surface area contributed by atoms with Crippen molar-refractivity contribution in [2.45, 2.75) is 5.75 Å². The monoisotopic (exact) mass is 245 g/mol. The van der Waals surface area contributed by atoms with E-state index in [4.69, 9.17) is 5.11 Å². The smallest absolute Gasteiger partial charge is 0.335 e. The molecule has 0 amide bonds. The van der Waals surface area contributed by atoms with Gasteiger partial charge in [0.05, 0.1) is 18.4 Å². The summed E-state index contributed by atoms with van der Waals surface area (Å²) in [6.07, 6.45) is 0. The van der Waals surface area contributed by atoms with Crippen molar-refractivity contribution in [3.8, 4) is 0 Å². The molecule has 0 saturated heterocycles. The van der Waals surface area contributed by atoms with Crippen LogP contribution in [0.5, 0.6) is 0 Å². The van der Waals surface area contributed by atoms with Crippen LogP contribution in [0.15, 0.2) is 24.3 Å². The van der Waals surface area contributed by atoms with Crippen molar-refractivity contribution < 1.29 is 23.2 Å². The fraction of sp³-hybridized carbons (Fsp3) is 0.222. The Morgan fingerprint density at radius 2 is 1.94 bits per heavy atom. The normalized spacial score (nSPS) is 11.3. The van der Waals surface area contributed by atoms with Gasteiger partial charge in [-0.3, -0.25) is 4.84 Å². The van der Waals surface area contributed by atoms with E-state index in [1.54, 1.807) is 0 Å². The maximum Gasteiger partial charge on any atom is 0.335 e. The standard InChI is InChI=1S/C9H11NO5S/c1-15-10-16(13,14)6-7-2-4-8(5-3-7)9(11)12/h2-5,10H,6H2,1H3,(H,11,12). The van der Waals surface area contributed by atoms with Crippen LogP contribution in [0.3, 0.4) is 0 Å². The van der Waals surface area contributed by atoms with Crippen molar-refractivity contribution in [3.05, 3.63) is 35.4 Å². The van der Waals surface area contributed by atoms with E-state index in [9.17, 15) is 13.2 Å². The quantitative estimate of drug-likeness (QED) is 0.731. The molecule has 0 aliphatic carbocycles. The SMILES string of the molecule is CONS(=O)(=O)Cc1ccc(C(=O)O)cc1. The summed E-state index contributed by atoms with van der Waals surface area (Å²) in [5.74, 6) is -1.31. The van der Waals surface area contributed by atoms with E-state index in [2.05, 4.69) is 4.84 Å². The molecule has 0 aromatic heterocycles. The Balaban J connectivity index is 2.80. The Morgan fingerprint density at radius 3 is 2.38 bits per heavy atom. The number of benzene rings is 1. The number of hydrogen-bond donors (Lipinski definition) is 2. The van der Waals surface area contributed by atoms with Gasteiger partial charge in [0.2, 0.25) is 10.0 Å². The number of carboxylic acid groups (broad SMARTS) is 1. The summed E-state index contributed by atoms with van der Waals surface area (Å²) in [5, 5.41) is 8.64. The van der Waals surface area contributed by atoms with Crippen molar-refractivity contribution >= 4 is 16.0 Å². The largest absolute Gasteiger partial charge is 0.478 e. The predicted octanol–water partition coefficient (Wildman–Crippen LogP) is 0.366. The molecule has 0 unspecified atom stereocenters. The van der Waals surface area contributed by atoms with Crippen molar-refractivity contribution in [1.82, 2.24) is 4.89 Å². The lowest BCUT2D eigenvalue weighted by molar-refractivity contribution is 0.0697. The lowest BCUT2D eigenvalue weighted by Crippen LogP contribution is -2.23. The Bertz CT molecular complexity index is 465. The van der Waals surface area contributed by atoms with Crippen LogP contribution in [0.2, 0.25) is 0 Å². The van der Waals surface area contributed by atoms with Gasteiger partial charge in [-0.25, -0.2) is 13.2 Å². The molecule has 1 aromatic rings. The first-order chi connectivity index (χ1) is 7.44. The zero-order valence-electron chi connectivity index (χ0n) is 8.50. The minimum atomic E-state index is -3.54. The van der Waals surface area contributed by atoms with Crippen molar-refractivity contribution in [1.29, 1.82) is 0 Å². The summed E-state index contributed by atoms with van der Waals surface area (Å²) in [6.45, 7) is 0. The summed E-state index contributed by atoms with van der Waals surface area (Å²) in [7, 11) is -2.34. The van der Waals surface area contributed by atoms with Gasteiger partial charge in [0, 0.05) is 0 Å². The van der Waals surface area contributed by atoms with Crippen LogP contribution >= 0.6 is 0 Å². The first-order valence-electron chi connectivity index (χ1n) is 4.29. The second-order valence-corrected chi connectivity index (χ2v) is 4.73. The molecule has 0 radical (unpaired) electrons. The summed E-state index contributed by atoms with van der Waals surface area (Å²) >= 11 is 0. The van der Waals surface area contributed by atoms with Crippen LogP contribution in [0.4, 0.5) is 0 Å². The summed E-state index contributed by atoms with van der Waals surface area (Å²) < 4.78 is 22.5. The molecule has 7 heteroatoms. The minimum absolute atomic E-state index is 0.112. The number of hydrogen-bond acceptors (Lipinski definition) is 4. The van der Waals surface area contributed by atoms with Gasteiger partial charge in [-0.15, -0.1) is 0 Å². The third-order valence-corrected chi connectivity index (χ3v) is 2.90. The van der Waals surface area contributed by atoms with Gasteiger partial charge < -0.3 is 5.11 Å². The number of carbonyl (C=O) groups is 1. The van der Waals surface area contributed by atoms with Crippen LogP contribution in [-0.4, -0.2) is 26.6 Å². The topological polar surface area (TPSA) is 92.7 Å². The Labute approximate surface area is 92.9 Å². The van der Waals surface area contributed by atoms with E-state index in [-0.39, 0.29) is 11.3 Å². The summed E-state index contributed by atoms with van der Waals surface area (Å²) in [6, 6.07) is 5.58. The summed E-state index contributed by atoms with van der Waals surface area (Å²) in [4.78, 5) is 16.7. The van der Waals surface area contributed by atoms with E-state index in [1.165, 1.54) is 31.4 Å². The molecule has 2 N–H and O–H groups in total. The number of rotatable bonds is 5. The molecule has 0 aliphatic heterocycles. The molecular formula is C9H11NO5S. The number of aromatic carboxylic acids is 1. The van der Waals surface area contributed by atoms with Gasteiger partial charge in [0.25, 0.3) is 0 Å². The average molecular weight is 245 g/mol. The molecule has 88 valence electrons. The third kappa shape index (κ3) is 3.61. The molecule has 0 saturated carbocycles. The molecule has 6 nitrogen and oxygen atoms in total. The molecule has 0 bridgehead atoms.